The zero-order valence-corrected chi connectivity index (χ0v) is 32.5. The molecular weight excluding hydrogens is 650 g/mol. The second kappa shape index (κ2) is 13.7. The molecule has 10 nitrogen and oxygen atoms in total. The van der Waals surface area contributed by atoms with E-state index in [0.717, 1.165) is 18.3 Å². The summed E-state index contributed by atoms with van der Waals surface area (Å²) >= 11 is 0. The summed E-state index contributed by atoms with van der Waals surface area (Å²) in [6, 6.07) is -1.26. The molecule has 0 saturated heterocycles. The van der Waals surface area contributed by atoms with Crippen LogP contribution in [0, 0.1) is 62.6 Å². The van der Waals surface area contributed by atoms with Gasteiger partial charge in [0.25, 0.3) is 0 Å². The average Bonchev–Trinajstić information content (AvgIpc) is 3.50. The summed E-state index contributed by atoms with van der Waals surface area (Å²) < 4.78 is 5.48. The van der Waals surface area contributed by atoms with Gasteiger partial charge in [-0.25, -0.2) is 0 Å². The van der Waals surface area contributed by atoms with Crippen molar-refractivity contribution in [3.8, 4) is 0 Å². The van der Waals surface area contributed by atoms with Crippen LogP contribution in [0.1, 0.15) is 126 Å². The zero-order valence-electron chi connectivity index (χ0n) is 32.5. The lowest BCUT2D eigenvalue weighted by atomic mass is 9.32. The van der Waals surface area contributed by atoms with Gasteiger partial charge in [-0.05, 0) is 133 Å². The van der Waals surface area contributed by atoms with Gasteiger partial charge in [-0.3, -0.25) is 0 Å². The van der Waals surface area contributed by atoms with E-state index in [2.05, 4.69) is 48.5 Å². The highest BCUT2D eigenvalue weighted by molar-refractivity contribution is 5.19. The predicted octanol–water partition coefficient (Wildman–Crippen LogP) is 3.12. The van der Waals surface area contributed by atoms with E-state index in [0.29, 0.717) is 39.4 Å². The maximum Gasteiger partial charge on any atom is 0.144 e. The summed E-state index contributed by atoms with van der Waals surface area (Å²) in [4.78, 5) is 0. The first kappa shape index (κ1) is 40.3. The molecule has 296 valence electrons. The number of aliphatic hydroxyl groups excluding tert-OH is 7. The summed E-state index contributed by atoms with van der Waals surface area (Å²) in [6.45, 7) is 16.3. The summed E-state index contributed by atoms with van der Waals surface area (Å²) in [6.07, 6.45) is 3.36. The van der Waals surface area contributed by atoms with Crippen LogP contribution in [-0.4, -0.2) is 108 Å². The Hall–Kier alpha value is -0.400. The molecule has 0 aromatic rings. The van der Waals surface area contributed by atoms with Crippen molar-refractivity contribution in [1.82, 2.24) is 0 Å². The van der Waals surface area contributed by atoms with Crippen LogP contribution >= 0.6 is 0 Å². The van der Waals surface area contributed by atoms with Crippen molar-refractivity contribution >= 4 is 0 Å². The summed E-state index contributed by atoms with van der Waals surface area (Å²) in [5.41, 5.74) is 5.35. The Morgan fingerprint density at radius 3 is 1.94 bits per heavy atom. The molecule has 6 rings (SSSR count). The quantitative estimate of drug-likeness (QED) is 0.162. The molecule has 6 aliphatic carbocycles. The largest absolute Gasteiger partial charge is 0.393 e. The molecule has 51 heavy (non-hydrogen) atoms. The van der Waals surface area contributed by atoms with Crippen molar-refractivity contribution in [1.29, 1.82) is 0 Å². The van der Waals surface area contributed by atoms with Gasteiger partial charge >= 0.3 is 0 Å². The predicted molar refractivity (Wildman–Crippen MR) is 194 cm³/mol. The normalized spacial score (nSPS) is 52.1. The van der Waals surface area contributed by atoms with Gasteiger partial charge in [-0.15, -0.1) is 0 Å². The van der Waals surface area contributed by atoms with Crippen molar-refractivity contribution in [2.45, 2.75) is 180 Å². The van der Waals surface area contributed by atoms with Gasteiger partial charge in [0.15, 0.2) is 0 Å². The molecule has 10 unspecified atom stereocenters. The van der Waals surface area contributed by atoms with Crippen LogP contribution in [0.15, 0.2) is 0 Å². The number of aliphatic hydroxyl groups is 8. The van der Waals surface area contributed by atoms with Gasteiger partial charge in [0.2, 0.25) is 0 Å². The summed E-state index contributed by atoms with van der Waals surface area (Å²) in [5, 5.41) is 84.1. The highest BCUT2D eigenvalue weighted by atomic mass is 16.5. The molecule has 6 aliphatic rings. The minimum atomic E-state index is -2.26. The third kappa shape index (κ3) is 5.94. The van der Waals surface area contributed by atoms with Crippen molar-refractivity contribution in [3.05, 3.63) is 0 Å². The maximum atomic E-state index is 11.2. The number of rotatable bonds is 10. The first-order chi connectivity index (χ1) is 23.6. The Labute approximate surface area is 306 Å². The van der Waals surface area contributed by atoms with E-state index < -0.39 is 67.6 Å². The number of hydrogen-bond donors (Lipinski definition) is 9. The Kier molecular flexibility index (Phi) is 10.8. The molecule has 10 heteroatoms. The molecule has 0 amide bonds. The smallest absolute Gasteiger partial charge is 0.144 e. The highest BCUT2D eigenvalue weighted by Crippen LogP contribution is 2.78. The van der Waals surface area contributed by atoms with Gasteiger partial charge in [-0.1, -0.05) is 54.9 Å². The van der Waals surface area contributed by atoms with E-state index in [1.807, 2.05) is 0 Å². The molecular formula is C41H73NO9. The van der Waals surface area contributed by atoms with E-state index in [-0.39, 0.29) is 17.8 Å². The molecule has 0 bridgehead atoms. The fourth-order valence-electron chi connectivity index (χ4n) is 15.1. The van der Waals surface area contributed by atoms with Gasteiger partial charge in [0.05, 0.1) is 25.4 Å². The van der Waals surface area contributed by atoms with Crippen molar-refractivity contribution in [2.75, 3.05) is 13.2 Å². The van der Waals surface area contributed by atoms with Crippen LogP contribution in [0.25, 0.3) is 0 Å². The molecule has 0 radical (unpaired) electrons. The van der Waals surface area contributed by atoms with Gasteiger partial charge in [-0.2, -0.15) is 0 Å². The van der Waals surface area contributed by atoms with Crippen molar-refractivity contribution < 1.29 is 45.6 Å². The Morgan fingerprint density at radius 1 is 0.725 bits per heavy atom. The van der Waals surface area contributed by atoms with Crippen LogP contribution in [0.3, 0.4) is 0 Å². The summed E-state index contributed by atoms with van der Waals surface area (Å²) in [7, 11) is 0. The number of hydrogen-bond acceptors (Lipinski definition) is 10. The van der Waals surface area contributed by atoms with Crippen molar-refractivity contribution in [2.24, 2.45) is 68.3 Å². The van der Waals surface area contributed by atoms with Crippen LogP contribution < -0.4 is 5.73 Å². The lowest BCUT2D eigenvalue weighted by Gasteiger charge is -2.73. The number of nitrogens with two attached hydrogens (primary N) is 1. The molecule has 6 saturated carbocycles. The molecule has 0 aromatic heterocycles. The topological polar surface area (TPSA) is 197 Å². The zero-order chi connectivity index (χ0) is 37.7. The molecule has 0 aromatic carbocycles. The van der Waals surface area contributed by atoms with Gasteiger partial charge in [0.1, 0.15) is 42.2 Å². The second-order valence-electron chi connectivity index (χ2n) is 20.6. The highest BCUT2D eigenvalue weighted by Gasteiger charge is 2.70. The van der Waals surface area contributed by atoms with E-state index in [1.54, 1.807) is 0 Å². The molecule has 0 heterocycles. The fraction of sp³-hybridized carbons (Fsp3) is 1.00. The lowest BCUT2D eigenvalue weighted by molar-refractivity contribution is -0.241. The Balaban J connectivity index is 1.08. The minimum absolute atomic E-state index is 0.108. The van der Waals surface area contributed by atoms with Gasteiger partial charge < -0.3 is 51.3 Å². The molecule has 0 spiro atoms. The monoisotopic (exact) mass is 724 g/mol. The average molecular weight is 724 g/mol. The van der Waals surface area contributed by atoms with Crippen LogP contribution in [0.2, 0.25) is 0 Å². The maximum absolute atomic E-state index is 11.2. The van der Waals surface area contributed by atoms with Gasteiger partial charge in [0, 0.05) is 0 Å². The molecule has 0 aliphatic heterocycles. The summed E-state index contributed by atoms with van der Waals surface area (Å²) in [5.74, 6) is 3.32. The second-order valence-corrected chi connectivity index (χ2v) is 20.6. The Morgan fingerprint density at radius 2 is 1.31 bits per heavy atom. The lowest BCUT2D eigenvalue weighted by Crippen LogP contribution is -2.65. The van der Waals surface area contributed by atoms with Crippen LogP contribution in [-0.2, 0) is 4.74 Å². The molecule has 6 fully saturated rings. The SMILES string of the molecule is CC(CC(O)C(O)C(O)C(O)CO[C@H]1[C@H](N)[C@@H](O)[C@H](O)[C@]1(O)CO)C1CC[C@@]2(C)C1CC[C@]1(C)C2CCC2[C@@]3(C)CCCC(C)(C)C3CC[C@]21C. The molecule has 10 N–H and O–H groups in total. The Bertz CT molecular complexity index is 1250. The van der Waals surface area contributed by atoms with E-state index in [1.165, 1.54) is 64.2 Å². The van der Waals surface area contributed by atoms with E-state index in [9.17, 15) is 40.9 Å². The third-order valence-electron chi connectivity index (χ3n) is 18.0. The minimum Gasteiger partial charge on any atom is -0.393 e. The van der Waals surface area contributed by atoms with Crippen molar-refractivity contribution in [3.63, 3.8) is 0 Å². The molecule has 19 atom stereocenters. The first-order valence-electron chi connectivity index (χ1n) is 20.4. The standard InChI is InChI=1S/C41H73NO9/c1-22(19-25(44)31(46)32(47)26(45)20-51-35-30(42)33(48)34(49)41(35,50)21-43)23-11-16-37(4)24(23)12-17-39(6)28(37)9-10-29-38(5)15-8-14-36(2,3)27(38)13-18-40(29,39)7/h22-35,43-50H,8-21,42H2,1-7H3/t22?,23?,24?,25?,26?,27?,28?,29?,30-,31?,32?,33-,34+,35+,37+,38+,39-,40-,41-/m1/s1. The van der Waals surface area contributed by atoms with E-state index in [4.69, 9.17) is 10.5 Å². The van der Waals surface area contributed by atoms with Crippen LogP contribution in [0.5, 0.6) is 0 Å². The fourth-order valence-corrected chi connectivity index (χ4v) is 15.1. The number of ether oxygens (including phenoxy) is 1. The number of fused-ring (bicyclic) bond motifs is 7. The third-order valence-corrected chi connectivity index (χ3v) is 18.0. The first-order valence-corrected chi connectivity index (χ1v) is 20.4. The van der Waals surface area contributed by atoms with E-state index >= 15 is 0 Å². The van der Waals surface area contributed by atoms with Crippen LogP contribution in [0.4, 0.5) is 0 Å².